The van der Waals surface area contributed by atoms with Crippen molar-refractivity contribution < 1.29 is 19.0 Å². The van der Waals surface area contributed by atoms with Crippen LogP contribution in [-0.2, 0) is 0 Å². The van der Waals surface area contributed by atoms with Gasteiger partial charge in [0, 0.05) is 18.1 Å². The van der Waals surface area contributed by atoms with Crippen LogP contribution < -0.4 is 9.47 Å². The molecule has 0 bridgehead atoms. The monoisotopic (exact) mass is 308 g/mol. The van der Waals surface area contributed by atoms with E-state index in [1.807, 2.05) is 6.07 Å². The summed E-state index contributed by atoms with van der Waals surface area (Å²) in [6, 6.07) is 9.46. The smallest absolute Gasteiger partial charge is 0.137 e. The molecule has 21 heavy (non-hydrogen) atoms. The Morgan fingerprint density at radius 2 is 2.10 bits per heavy atom. The van der Waals surface area contributed by atoms with Gasteiger partial charge in [0.2, 0.25) is 0 Å². The van der Waals surface area contributed by atoms with Crippen LogP contribution in [0.3, 0.4) is 0 Å². The topological polar surface area (TPSA) is 38.7 Å². The number of rotatable bonds is 2. The van der Waals surface area contributed by atoms with Gasteiger partial charge in [-0.2, -0.15) is 0 Å². The first kappa shape index (κ1) is 14.2. The van der Waals surface area contributed by atoms with Crippen LogP contribution >= 0.6 is 11.6 Å². The average Bonchev–Trinajstić information content (AvgIpc) is 2.46. The van der Waals surface area contributed by atoms with Crippen LogP contribution in [0.1, 0.15) is 29.8 Å². The number of benzene rings is 2. The predicted octanol–water partition coefficient (Wildman–Crippen LogP) is 4.04. The van der Waals surface area contributed by atoms with E-state index in [4.69, 9.17) is 21.1 Å². The zero-order chi connectivity index (χ0) is 15.0. The molecule has 0 fully saturated rings. The van der Waals surface area contributed by atoms with Gasteiger partial charge < -0.3 is 14.6 Å². The van der Waals surface area contributed by atoms with E-state index in [-0.39, 0.29) is 6.10 Å². The molecule has 0 spiro atoms. The minimum Gasteiger partial charge on any atom is -0.495 e. The maximum atomic E-state index is 13.3. The summed E-state index contributed by atoms with van der Waals surface area (Å²) >= 11 is 6.11. The summed E-state index contributed by atoms with van der Waals surface area (Å²) in [5.74, 6) is 0.545. The van der Waals surface area contributed by atoms with Crippen molar-refractivity contribution in [3.8, 4) is 11.5 Å². The molecule has 1 aliphatic rings. The van der Waals surface area contributed by atoms with Gasteiger partial charge in [0.05, 0.1) is 18.2 Å². The first-order valence-corrected chi connectivity index (χ1v) is 6.94. The third-order valence-electron chi connectivity index (χ3n) is 3.59. The van der Waals surface area contributed by atoms with E-state index < -0.39 is 11.9 Å². The largest absolute Gasteiger partial charge is 0.495 e. The number of ether oxygens (including phenoxy) is 2. The number of hydrogen-bond donors (Lipinski definition) is 1. The molecule has 2 atom stereocenters. The van der Waals surface area contributed by atoms with Gasteiger partial charge in [0.15, 0.2) is 0 Å². The lowest BCUT2D eigenvalue weighted by Crippen LogP contribution is -2.19. The molecule has 2 aromatic rings. The third kappa shape index (κ3) is 2.69. The molecule has 5 heteroatoms. The molecule has 110 valence electrons. The lowest BCUT2D eigenvalue weighted by atomic mass is 9.95. The van der Waals surface area contributed by atoms with Crippen molar-refractivity contribution in [3.05, 3.63) is 58.4 Å². The highest BCUT2D eigenvalue weighted by atomic mass is 35.5. The highest BCUT2D eigenvalue weighted by molar-refractivity contribution is 6.32. The second-order valence-electron chi connectivity index (χ2n) is 4.93. The molecule has 3 rings (SSSR count). The molecule has 3 nitrogen and oxygen atoms in total. The summed E-state index contributed by atoms with van der Waals surface area (Å²) in [5, 5.41) is 10.7. The van der Waals surface area contributed by atoms with Crippen molar-refractivity contribution in [2.45, 2.75) is 18.6 Å². The first-order chi connectivity index (χ1) is 10.1. The van der Waals surface area contributed by atoms with E-state index in [2.05, 4.69) is 0 Å². The molecular weight excluding hydrogens is 295 g/mol. The number of hydrogen-bond acceptors (Lipinski definition) is 3. The van der Waals surface area contributed by atoms with Gasteiger partial charge >= 0.3 is 0 Å². The fourth-order valence-electron chi connectivity index (χ4n) is 2.50. The Bertz CT molecular complexity index is 675. The van der Waals surface area contributed by atoms with E-state index in [1.54, 1.807) is 25.3 Å². The number of halogens is 2. The maximum Gasteiger partial charge on any atom is 0.137 e. The molecular formula is C16H14ClFO3. The van der Waals surface area contributed by atoms with Crippen LogP contribution in [0.25, 0.3) is 0 Å². The molecule has 0 saturated carbocycles. The van der Waals surface area contributed by atoms with E-state index >= 15 is 0 Å². The highest BCUT2D eigenvalue weighted by Gasteiger charge is 2.28. The third-order valence-corrected chi connectivity index (χ3v) is 3.88. The Morgan fingerprint density at radius 3 is 2.81 bits per heavy atom. The van der Waals surface area contributed by atoms with Crippen LogP contribution in [0.4, 0.5) is 4.39 Å². The summed E-state index contributed by atoms with van der Waals surface area (Å²) in [4.78, 5) is 0. The summed E-state index contributed by atoms with van der Waals surface area (Å²) in [5.41, 5.74) is 1.42. The van der Waals surface area contributed by atoms with Gasteiger partial charge in [-0.1, -0.05) is 17.7 Å². The van der Waals surface area contributed by atoms with Crippen molar-refractivity contribution in [2.24, 2.45) is 0 Å². The van der Waals surface area contributed by atoms with E-state index in [0.29, 0.717) is 28.5 Å². The summed E-state index contributed by atoms with van der Waals surface area (Å²) < 4.78 is 24.2. The SMILES string of the molecule is COc1ccc(C2C[C@@H](O)c3ccc(F)cc3O2)cc1Cl. The molecule has 0 amide bonds. The Morgan fingerprint density at radius 1 is 1.29 bits per heavy atom. The second-order valence-corrected chi connectivity index (χ2v) is 5.34. The van der Waals surface area contributed by atoms with Gasteiger partial charge in [0.25, 0.3) is 0 Å². The van der Waals surface area contributed by atoms with Crippen LogP contribution in [0.2, 0.25) is 5.02 Å². The van der Waals surface area contributed by atoms with E-state index in [0.717, 1.165) is 5.56 Å². The molecule has 2 aromatic carbocycles. The lowest BCUT2D eigenvalue weighted by molar-refractivity contribution is 0.0653. The van der Waals surface area contributed by atoms with Crippen LogP contribution in [0.15, 0.2) is 36.4 Å². The van der Waals surface area contributed by atoms with Crippen molar-refractivity contribution in [1.82, 2.24) is 0 Å². The van der Waals surface area contributed by atoms with Gasteiger partial charge in [-0.05, 0) is 29.8 Å². The second kappa shape index (κ2) is 5.54. The summed E-state index contributed by atoms with van der Waals surface area (Å²) in [7, 11) is 1.54. The average molecular weight is 309 g/mol. The van der Waals surface area contributed by atoms with Crippen LogP contribution in [-0.4, -0.2) is 12.2 Å². The quantitative estimate of drug-likeness (QED) is 0.910. The van der Waals surface area contributed by atoms with Crippen molar-refractivity contribution >= 4 is 11.6 Å². The number of aliphatic hydroxyl groups excluding tert-OH is 1. The van der Waals surface area contributed by atoms with Gasteiger partial charge in [-0.15, -0.1) is 0 Å². The number of fused-ring (bicyclic) bond motifs is 1. The molecule has 0 saturated heterocycles. The van der Waals surface area contributed by atoms with Gasteiger partial charge in [-0.25, -0.2) is 4.39 Å². The molecule has 0 radical (unpaired) electrons. The van der Waals surface area contributed by atoms with Crippen LogP contribution in [0.5, 0.6) is 11.5 Å². The highest BCUT2D eigenvalue weighted by Crippen LogP contribution is 2.42. The molecule has 1 unspecified atom stereocenters. The molecule has 1 N–H and O–H groups in total. The number of methoxy groups -OCH3 is 1. The Hall–Kier alpha value is -1.78. The fourth-order valence-corrected chi connectivity index (χ4v) is 2.77. The normalized spacial score (nSPS) is 20.6. The summed E-state index contributed by atoms with van der Waals surface area (Å²) in [6.45, 7) is 0. The van der Waals surface area contributed by atoms with Crippen molar-refractivity contribution in [2.75, 3.05) is 7.11 Å². The Balaban J connectivity index is 1.93. The first-order valence-electron chi connectivity index (χ1n) is 6.56. The van der Waals surface area contributed by atoms with Gasteiger partial charge in [-0.3, -0.25) is 0 Å². The Kier molecular flexibility index (Phi) is 3.74. The summed E-state index contributed by atoms with van der Waals surface area (Å²) in [6.07, 6.45) is -0.681. The Labute approximate surface area is 126 Å². The van der Waals surface area contributed by atoms with Crippen LogP contribution in [0, 0.1) is 5.82 Å². The van der Waals surface area contributed by atoms with E-state index in [1.165, 1.54) is 12.1 Å². The molecule has 1 heterocycles. The lowest BCUT2D eigenvalue weighted by Gasteiger charge is -2.30. The van der Waals surface area contributed by atoms with Crippen molar-refractivity contribution in [1.29, 1.82) is 0 Å². The molecule has 0 aromatic heterocycles. The predicted molar refractivity (Wildman–Crippen MR) is 77.3 cm³/mol. The maximum absolute atomic E-state index is 13.3. The molecule has 0 aliphatic carbocycles. The van der Waals surface area contributed by atoms with Crippen molar-refractivity contribution in [3.63, 3.8) is 0 Å². The molecule has 1 aliphatic heterocycles. The zero-order valence-corrected chi connectivity index (χ0v) is 12.1. The van der Waals surface area contributed by atoms with E-state index in [9.17, 15) is 9.50 Å². The minimum absolute atomic E-state index is 0.366. The number of aliphatic hydroxyl groups is 1. The minimum atomic E-state index is -0.694. The zero-order valence-electron chi connectivity index (χ0n) is 11.3. The standard InChI is InChI=1S/C16H14ClFO3/c1-20-14-5-2-9(6-12(14)17)15-8-13(19)11-4-3-10(18)7-16(11)21-15/h2-7,13,15,19H,8H2,1H3/t13-,15?/m1/s1. The van der Waals surface area contributed by atoms with Gasteiger partial charge in [0.1, 0.15) is 23.4 Å². The fraction of sp³-hybridized carbons (Fsp3) is 0.250.